The van der Waals surface area contributed by atoms with E-state index >= 15 is 0 Å². The van der Waals surface area contributed by atoms with Crippen LogP contribution in [0.2, 0.25) is 0 Å². The Hall–Kier alpha value is -1.88. The Labute approximate surface area is 115 Å². The van der Waals surface area contributed by atoms with Gasteiger partial charge in [0.15, 0.2) is 0 Å². The minimum atomic E-state index is -0.403. The van der Waals surface area contributed by atoms with Crippen LogP contribution in [0.1, 0.15) is 29.1 Å². The Balaban J connectivity index is 1.82. The second-order valence-corrected chi connectivity index (χ2v) is 4.92. The molecular formula is C14H15NO3S. The Morgan fingerprint density at radius 2 is 2.37 bits per heavy atom. The number of ether oxygens (including phenoxy) is 1. The fourth-order valence-electron chi connectivity index (χ4n) is 1.46. The fourth-order valence-corrected chi connectivity index (χ4v) is 2.19. The van der Waals surface area contributed by atoms with E-state index in [0.29, 0.717) is 5.76 Å². The molecule has 0 radical (unpaired) electrons. The van der Waals surface area contributed by atoms with Crippen LogP contribution in [-0.2, 0) is 22.6 Å². The van der Waals surface area contributed by atoms with Gasteiger partial charge in [0.05, 0.1) is 10.7 Å². The third-order valence-electron chi connectivity index (χ3n) is 2.41. The van der Waals surface area contributed by atoms with Crippen molar-refractivity contribution in [2.24, 2.45) is 0 Å². The molecule has 0 saturated carbocycles. The summed E-state index contributed by atoms with van der Waals surface area (Å²) < 4.78 is 10.4. The molecule has 0 bridgehead atoms. The van der Waals surface area contributed by atoms with Gasteiger partial charge in [-0.05, 0) is 31.6 Å². The van der Waals surface area contributed by atoms with Crippen LogP contribution < -0.4 is 0 Å². The number of thiazole rings is 1. The van der Waals surface area contributed by atoms with Gasteiger partial charge in [-0.15, -0.1) is 11.3 Å². The molecule has 19 heavy (non-hydrogen) atoms. The van der Waals surface area contributed by atoms with Gasteiger partial charge >= 0.3 is 5.97 Å². The van der Waals surface area contributed by atoms with E-state index in [-0.39, 0.29) is 6.61 Å². The number of hydrogen-bond donors (Lipinski definition) is 0. The molecule has 0 N–H and O–H groups in total. The molecule has 0 unspecified atom stereocenters. The van der Waals surface area contributed by atoms with E-state index in [1.807, 2.05) is 25.3 Å². The highest BCUT2D eigenvalue weighted by atomic mass is 32.1. The van der Waals surface area contributed by atoms with Crippen molar-refractivity contribution < 1.29 is 13.9 Å². The minimum absolute atomic E-state index is 0.205. The first kappa shape index (κ1) is 13.5. The van der Waals surface area contributed by atoms with Gasteiger partial charge in [-0.3, -0.25) is 0 Å². The Bertz CT molecular complexity index is 583. The molecule has 2 heterocycles. The highest BCUT2D eigenvalue weighted by Gasteiger charge is 2.03. The predicted molar refractivity (Wildman–Crippen MR) is 73.8 cm³/mol. The van der Waals surface area contributed by atoms with Gasteiger partial charge in [0.2, 0.25) is 0 Å². The second-order valence-electron chi connectivity index (χ2n) is 3.98. The van der Waals surface area contributed by atoms with Crippen LogP contribution in [0.25, 0.3) is 6.08 Å². The molecule has 0 atom stereocenters. The van der Waals surface area contributed by atoms with E-state index < -0.39 is 5.97 Å². The monoisotopic (exact) mass is 277 g/mol. The average Bonchev–Trinajstić information content (AvgIpc) is 3.02. The van der Waals surface area contributed by atoms with Gasteiger partial charge in [-0.1, -0.05) is 6.92 Å². The Morgan fingerprint density at radius 1 is 1.53 bits per heavy atom. The number of hydrogen-bond acceptors (Lipinski definition) is 5. The minimum Gasteiger partial charge on any atom is -0.462 e. The van der Waals surface area contributed by atoms with Crippen molar-refractivity contribution in [2.45, 2.75) is 26.9 Å². The number of furan rings is 1. The molecular weight excluding hydrogens is 262 g/mol. The number of aryl methyl sites for hydroxylation is 2. The predicted octanol–water partition coefficient (Wildman–Crippen LogP) is 3.36. The lowest BCUT2D eigenvalue weighted by Gasteiger charge is -1.97. The zero-order valence-corrected chi connectivity index (χ0v) is 11.7. The molecule has 2 rings (SSSR count). The standard InChI is InChI=1S/C14H15NO3S/c1-3-13-15-11(9-19-13)8-17-14(16)7-6-12-5-4-10(2)18-12/h4-7,9H,3,8H2,1-2H3/b7-6+. The molecule has 4 nitrogen and oxygen atoms in total. The van der Waals surface area contributed by atoms with Crippen LogP contribution in [-0.4, -0.2) is 11.0 Å². The van der Waals surface area contributed by atoms with Crippen molar-refractivity contribution in [2.75, 3.05) is 0 Å². The summed E-state index contributed by atoms with van der Waals surface area (Å²) in [7, 11) is 0. The van der Waals surface area contributed by atoms with Crippen molar-refractivity contribution >= 4 is 23.4 Å². The third kappa shape index (κ3) is 4.06. The number of aromatic nitrogens is 1. The maximum absolute atomic E-state index is 11.5. The maximum Gasteiger partial charge on any atom is 0.331 e. The van der Waals surface area contributed by atoms with Crippen molar-refractivity contribution in [3.8, 4) is 0 Å². The first-order valence-electron chi connectivity index (χ1n) is 6.02. The number of carbonyl (C=O) groups excluding carboxylic acids is 1. The molecule has 0 aliphatic rings. The summed E-state index contributed by atoms with van der Waals surface area (Å²) in [6, 6.07) is 3.64. The second kappa shape index (κ2) is 6.33. The van der Waals surface area contributed by atoms with Crippen LogP contribution >= 0.6 is 11.3 Å². The Morgan fingerprint density at radius 3 is 3.00 bits per heavy atom. The van der Waals surface area contributed by atoms with Gasteiger partial charge in [-0.2, -0.15) is 0 Å². The van der Waals surface area contributed by atoms with E-state index in [0.717, 1.165) is 22.9 Å². The zero-order chi connectivity index (χ0) is 13.7. The molecule has 2 aromatic heterocycles. The van der Waals surface area contributed by atoms with Gasteiger partial charge in [0.25, 0.3) is 0 Å². The quantitative estimate of drug-likeness (QED) is 0.621. The van der Waals surface area contributed by atoms with Crippen LogP contribution in [0.4, 0.5) is 0 Å². The molecule has 0 saturated heterocycles. The van der Waals surface area contributed by atoms with Gasteiger partial charge in [0, 0.05) is 11.5 Å². The highest BCUT2D eigenvalue weighted by Crippen LogP contribution is 2.11. The lowest BCUT2D eigenvalue weighted by Crippen LogP contribution is -2.01. The molecule has 0 amide bonds. The lowest BCUT2D eigenvalue weighted by molar-refractivity contribution is -0.139. The molecule has 0 fully saturated rings. The van der Waals surface area contributed by atoms with Crippen LogP contribution in [0.5, 0.6) is 0 Å². The highest BCUT2D eigenvalue weighted by molar-refractivity contribution is 7.09. The number of rotatable bonds is 5. The van der Waals surface area contributed by atoms with Crippen molar-refractivity contribution in [3.63, 3.8) is 0 Å². The summed E-state index contributed by atoms with van der Waals surface area (Å²) in [6.45, 7) is 4.10. The number of esters is 1. The van der Waals surface area contributed by atoms with E-state index in [2.05, 4.69) is 4.98 Å². The molecule has 0 spiro atoms. The van der Waals surface area contributed by atoms with Gasteiger partial charge < -0.3 is 9.15 Å². The van der Waals surface area contributed by atoms with Crippen molar-refractivity contribution in [1.82, 2.24) is 4.98 Å². The van der Waals surface area contributed by atoms with Crippen LogP contribution in [0.3, 0.4) is 0 Å². The summed E-state index contributed by atoms with van der Waals surface area (Å²) in [5, 5.41) is 2.96. The maximum atomic E-state index is 11.5. The molecule has 0 aliphatic carbocycles. The SMILES string of the molecule is CCc1nc(COC(=O)/C=C/c2ccc(C)o2)cs1. The summed E-state index contributed by atoms with van der Waals surface area (Å²) in [6.07, 6.45) is 3.84. The number of carbonyl (C=O) groups is 1. The first-order valence-corrected chi connectivity index (χ1v) is 6.90. The van der Waals surface area contributed by atoms with E-state index in [4.69, 9.17) is 9.15 Å². The van der Waals surface area contributed by atoms with E-state index in [1.54, 1.807) is 23.5 Å². The molecule has 0 aromatic carbocycles. The smallest absolute Gasteiger partial charge is 0.331 e. The fraction of sp³-hybridized carbons (Fsp3) is 0.286. The molecule has 100 valence electrons. The molecule has 5 heteroatoms. The number of nitrogens with zero attached hydrogens (tertiary/aromatic N) is 1. The Kier molecular flexibility index (Phi) is 4.52. The molecule has 2 aromatic rings. The lowest BCUT2D eigenvalue weighted by atomic mass is 10.4. The van der Waals surface area contributed by atoms with Crippen molar-refractivity contribution in [1.29, 1.82) is 0 Å². The molecule has 0 aliphatic heterocycles. The van der Waals surface area contributed by atoms with E-state index in [9.17, 15) is 4.79 Å². The average molecular weight is 277 g/mol. The van der Waals surface area contributed by atoms with Crippen molar-refractivity contribution in [3.05, 3.63) is 45.8 Å². The summed E-state index contributed by atoms with van der Waals surface area (Å²) in [5.41, 5.74) is 0.789. The van der Waals surface area contributed by atoms with Gasteiger partial charge in [-0.25, -0.2) is 9.78 Å². The zero-order valence-electron chi connectivity index (χ0n) is 10.9. The third-order valence-corrected chi connectivity index (χ3v) is 3.45. The first-order chi connectivity index (χ1) is 9.17. The summed E-state index contributed by atoms with van der Waals surface area (Å²) in [5.74, 6) is 1.04. The summed E-state index contributed by atoms with van der Waals surface area (Å²) >= 11 is 1.58. The normalized spacial score (nSPS) is 11.1. The van der Waals surface area contributed by atoms with Crippen LogP contribution in [0, 0.1) is 6.92 Å². The topological polar surface area (TPSA) is 52.3 Å². The summed E-state index contributed by atoms with van der Waals surface area (Å²) in [4.78, 5) is 15.8. The van der Waals surface area contributed by atoms with Gasteiger partial charge in [0.1, 0.15) is 18.1 Å². The van der Waals surface area contributed by atoms with E-state index in [1.165, 1.54) is 6.08 Å². The largest absolute Gasteiger partial charge is 0.462 e. The van der Waals surface area contributed by atoms with Crippen LogP contribution in [0.15, 0.2) is 28.0 Å².